The highest BCUT2D eigenvalue weighted by Gasteiger charge is 2.22. The lowest BCUT2D eigenvalue weighted by molar-refractivity contribution is 0.0827. The molecule has 2 aromatic carbocycles. The third-order valence-corrected chi connectivity index (χ3v) is 5.34. The average molecular weight is 535 g/mol. The minimum Gasteiger partial charge on any atom is -0.371 e. The minimum atomic E-state index is 0. The van der Waals surface area contributed by atoms with Gasteiger partial charge in [0.05, 0.1) is 6.54 Å². The van der Waals surface area contributed by atoms with E-state index >= 15 is 0 Å². The van der Waals surface area contributed by atoms with Crippen LogP contribution in [-0.2, 0) is 6.54 Å². The number of guanidine groups is 1. The summed E-state index contributed by atoms with van der Waals surface area (Å²) in [5.41, 5.74) is 3.08. The Morgan fingerprint density at radius 1 is 1.10 bits per heavy atom. The van der Waals surface area contributed by atoms with Crippen LogP contribution >= 0.6 is 24.0 Å². The van der Waals surface area contributed by atoms with Gasteiger partial charge in [-0.15, -0.1) is 24.0 Å². The van der Waals surface area contributed by atoms with E-state index in [1.807, 2.05) is 24.3 Å². The third kappa shape index (κ3) is 7.41. The molecule has 3 rings (SSSR count). The van der Waals surface area contributed by atoms with Gasteiger partial charge >= 0.3 is 0 Å². The smallest absolute Gasteiger partial charge is 0.253 e. The van der Waals surface area contributed by atoms with E-state index in [4.69, 9.17) is 4.99 Å². The fourth-order valence-corrected chi connectivity index (χ4v) is 3.64. The molecule has 0 spiro atoms. The predicted molar refractivity (Wildman–Crippen MR) is 139 cm³/mol. The highest BCUT2D eigenvalue weighted by atomic mass is 127. The molecule has 2 N–H and O–H groups in total. The summed E-state index contributed by atoms with van der Waals surface area (Å²) in [5, 5.41) is 6.83. The Labute approximate surface area is 203 Å². The summed E-state index contributed by atoms with van der Waals surface area (Å²) in [4.78, 5) is 20.8. The van der Waals surface area contributed by atoms with Gasteiger partial charge in [-0.1, -0.05) is 30.3 Å². The molecule has 168 valence electrons. The van der Waals surface area contributed by atoms with Crippen molar-refractivity contribution in [2.45, 2.75) is 19.9 Å². The summed E-state index contributed by atoms with van der Waals surface area (Å²) in [6, 6.07) is 18.3. The molecule has 0 aliphatic carbocycles. The van der Waals surface area contributed by atoms with Crippen molar-refractivity contribution < 1.29 is 4.79 Å². The molecule has 1 saturated heterocycles. The summed E-state index contributed by atoms with van der Waals surface area (Å²) in [5.74, 6) is 1.45. The van der Waals surface area contributed by atoms with Crippen molar-refractivity contribution in [3.05, 3.63) is 65.7 Å². The molecule has 1 aliphatic heterocycles. The lowest BCUT2D eigenvalue weighted by Crippen LogP contribution is -2.40. The zero-order valence-corrected chi connectivity index (χ0v) is 21.0. The Hall–Kier alpha value is -2.29. The van der Waals surface area contributed by atoms with Crippen LogP contribution in [0.3, 0.4) is 0 Å². The van der Waals surface area contributed by atoms with Gasteiger partial charge in [0, 0.05) is 51.5 Å². The van der Waals surface area contributed by atoms with E-state index in [2.05, 4.69) is 52.8 Å². The number of benzene rings is 2. The zero-order valence-electron chi connectivity index (χ0n) is 18.7. The summed E-state index contributed by atoms with van der Waals surface area (Å²) in [7, 11) is 3.52. The van der Waals surface area contributed by atoms with Gasteiger partial charge in [-0.2, -0.15) is 0 Å². The first-order valence-electron chi connectivity index (χ1n) is 10.7. The van der Waals surface area contributed by atoms with E-state index in [0.29, 0.717) is 18.0 Å². The second-order valence-corrected chi connectivity index (χ2v) is 7.91. The van der Waals surface area contributed by atoms with Crippen LogP contribution in [0.25, 0.3) is 0 Å². The molecule has 6 nitrogen and oxygen atoms in total. The largest absolute Gasteiger partial charge is 0.371 e. The van der Waals surface area contributed by atoms with Crippen molar-refractivity contribution in [3.8, 4) is 0 Å². The Balaban J connectivity index is 0.00000341. The Kier molecular flexibility index (Phi) is 10.1. The second kappa shape index (κ2) is 12.5. The quantitative estimate of drug-likeness (QED) is 0.324. The number of hydrogen-bond acceptors (Lipinski definition) is 3. The van der Waals surface area contributed by atoms with Gasteiger partial charge < -0.3 is 20.4 Å². The highest BCUT2D eigenvalue weighted by molar-refractivity contribution is 14.0. The monoisotopic (exact) mass is 535 g/mol. The first-order valence-corrected chi connectivity index (χ1v) is 10.7. The minimum absolute atomic E-state index is 0. The van der Waals surface area contributed by atoms with Crippen molar-refractivity contribution in [1.82, 2.24) is 15.5 Å². The van der Waals surface area contributed by atoms with E-state index in [-0.39, 0.29) is 29.9 Å². The van der Waals surface area contributed by atoms with Crippen LogP contribution < -0.4 is 15.5 Å². The van der Waals surface area contributed by atoms with Gasteiger partial charge in [-0.05, 0) is 49.1 Å². The van der Waals surface area contributed by atoms with Crippen molar-refractivity contribution in [3.63, 3.8) is 0 Å². The van der Waals surface area contributed by atoms with Gasteiger partial charge in [0.15, 0.2) is 5.96 Å². The number of nitrogens with zero attached hydrogens (tertiary/aromatic N) is 3. The molecule has 7 heteroatoms. The zero-order chi connectivity index (χ0) is 21.3. The summed E-state index contributed by atoms with van der Waals surface area (Å²) in [6.45, 7) is 6.55. The maximum atomic E-state index is 12.0. The molecule has 0 radical (unpaired) electrons. The first kappa shape index (κ1) is 25.0. The number of carbonyl (C=O) groups excluding carboxylic acids is 1. The average Bonchev–Trinajstić information content (AvgIpc) is 3.25. The maximum Gasteiger partial charge on any atom is 0.253 e. The van der Waals surface area contributed by atoms with Crippen molar-refractivity contribution in [2.24, 2.45) is 10.9 Å². The molecule has 1 unspecified atom stereocenters. The molecule has 1 heterocycles. The van der Waals surface area contributed by atoms with Crippen molar-refractivity contribution in [2.75, 3.05) is 45.2 Å². The Bertz CT molecular complexity index is 839. The van der Waals surface area contributed by atoms with Crippen molar-refractivity contribution >= 4 is 41.5 Å². The first-order chi connectivity index (χ1) is 14.6. The predicted octanol–water partition coefficient (Wildman–Crippen LogP) is 3.59. The van der Waals surface area contributed by atoms with Crippen LogP contribution in [-0.4, -0.2) is 57.0 Å². The number of nitrogens with one attached hydrogen (secondary N) is 2. The molecular weight excluding hydrogens is 501 g/mol. The van der Waals surface area contributed by atoms with Crippen LogP contribution in [0, 0.1) is 5.92 Å². The summed E-state index contributed by atoms with van der Waals surface area (Å²) < 4.78 is 0. The molecule has 1 atom stereocenters. The SMILES string of the molecule is CCNC(=NCc1ccc(C(=O)N(C)C)cc1)NCC1CCN(c2ccccc2)C1.I. The lowest BCUT2D eigenvalue weighted by Gasteiger charge is -2.19. The molecule has 0 bridgehead atoms. The number of halogens is 1. The highest BCUT2D eigenvalue weighted by Crippen LogP contribution is 2.22. The van der Waals surface area contributed by atoms with E-state index in [1.165, 1.54) is 12.1 Å². The second-order valence-electron chi connectivity index (χ2n) is 7.91. The van der Waals surface area contributed by atoms with Crippen molar-refractivity contribution in [1.29, 1.82) is 0 Å². The van der Waals surface area contributed by atoms with Crippen LogP contribution in [0.15, 0.2) is 59.6 Å². The van der Waals surface area contributed by atoms with Gasteiger partial charge in [0.1, 0.15) is 0 Å². The molecule has 1 fully saturated rings. The molecule has 1 aliphatic rings. The topological polar surface area (TPSA) is 60.0 Å². The fourth-order valence-electron chi connectivity index (χ4n) is 3.64. The number of amides is 1. The molecule has 0 saturated carbocycles. The number of para-hydroxylation sites is 1. The van der Waals surface area contributed by atoms with Crippen LogP contribution in [0.2, 0.25) is 0 Å². The third-order valence-electron chi connectivity index (χ3n) is 5.34. The fraction of sp³-hybridized carbons (Fsp3) is 0.417. The van der Waals surface area contributed by atoms with Crippen LogP contribution in [0.5, 0.6) is 0 Å². The van der Waals surface area contributed by atoms with E-state index in [9.17, 15) is 4.79 Å². The summed E-state index contributed by atoms with van der Waals surface area (Å²) in [6.07, 6.45) is 1.18. The number of aliphatic imine (C=N–C) groups is 1. The normalized spacial score (nSPS) is 15.9. The number of carbonyl (C=O) groups is 1. The van der Waals surface area contributed by atoms with Crippen LogP contribution in [0.4, 0.5) is 5.69 Å². The summed E-state index contributed by atoms with van der Waals surface area (Å²) >= 11 is 0. The number of rotatable bonds is 7. The lowest BCUT2D eigenvalue weighted by atomic mass is 10.1. The van der Waals surface area contributed by atoms with Gasteiger partial charge in [-0.25, -0.2) is 4.99 Å². The van der Waals surface area contributed by atoms with Gasteiger partial charge in [-0.3, -0.25) is 4.79 Å². The Morgan fingerprint density at radius 3 is 2.45 bits per heavy atom. The van der Waals surface area contributed by atoms with Crippen LogP contribution in [0.1, 0.15) is 29.3 Å². The molecule has 1 amide bonds. The van der Waals surface area contributed by atoms with E-state index < -0.39 is 0 Å². The number of anilines is 1. The number of hydrogen-bond donors (Lipinski definition) is 2. The van der Waals surface area contributed by atoms with Gasteiger partial charge in [0.25, 0.3) is 5.91 Å². The molecular formula is C24H34IN5O. The molecule has 31 heavy (non-hydrogen) atoms. The van der Waals surface area contributed by atoms with E-state index in [0.717, 1.165) is 37.7 Å². The van der Waals surface area contributed by atoms with E-state index in [1.54, 1.807) is 19.0 Å². The maximum absolute atomic E-state index is 12.0. The molecule has 2 aromatic rings. The standard InChI is InChI=1S/C24H33N5O.HI/c1-4-25-24(26-16-19-10-12-21(13-11-19)23(30)28(2)3)27-17-20-14-15-29(18-20)22-8-6-5-7-9-22;/h5-13,20H,4,14-18H2,1-3H3,(H2,25,26,27);1H. The van der Waals surface area contributed by atoms with Gasteiger partial charge in [0.2, 0.25) is 0 Å². The molecule has 0 aromatic heterocycles. The Morgan fingerprint density at radius 2 is 1.81 bits per heavy atom.